The van der Waals surface area contributed by atoms with Crippen LogP contribution in [0.1, 0.15) is 6.92 Å². The normalized spacial score (nSPS) is 12.5. The standard InChI is InChI=1S/4C8H8N4.C2H3N.3Ag.3ClHO4/c4*1-3-11-5-6-12-4-2-10-8(12)7(11)9-1;1-2-3;;;;3*2-1(3,4)5/h4*1-4H,5-6H2;1H3;;;;3*(H,2,3,4,5)/q;;;;;3*+1;;;/p-3. The van der Waals surface area contributed by atoms with Crippen LogP contribution in [-0.4, -0.2) is 76.4 Å². The van der Waals surface area contributed by atoms with Crippen LogP contribution in [0.25, 0.3) is 46.6 Å². The van der Waals surface area contributed by atoms with E-state index in [4.69, 9.17) is 61.2 Å². The van der Waals surface area contributed by atoms with Crippen molar-refractivity contribution < 1.29 is 154 Å². The third kappa shape index (κ3) is 19.5. The summed E-state index contributed by atoms with van der Waals surface area (Å²) in [5.74, 6) is 7.82. The van der Waals surface area contributed by atoms with Crippen LogP contribution in [0.2, 0.25) is 0 Å². The van der Waals surface area contributed by atoms with Gasteiger partial charge in [0.15, 0.2) is 46.6 Å². The Bertz CT molecular complexity index is 2230. The van der Waals surface area contributed by atoms with Gasteiger partial charge in [-0.25, -0.2) is 95.8 Å². The molecule has 12 heterocycles. The molecule has 12 rings (SSSR count). The van der Waals surface area contributed by atoms with E-state index >= 15 is 0 Å². The maximum absolute atomic E-state index is 8.49. The molecule has 0 aromatic carbocycles. The number of rotatable bonds is 0. The van der Waals surface area contributed by atoms with Gasteiger partial charge in [0.25, 0.3) is 0 Å². The van der Waals surface area contributed by atoms with E-state index in [1.165, 1.54) is 6.92 Å². The molecular weight excluding hydrogens is 1270 g/mol. The Morgan fingerprint density at radius 1 is 0.319 bits per heavy atom. The molecule has 0 saturated carbocycles. The van der Waals surface area contributed by atoms with E-state index < -0.39 is 30.7 Å². The van der Waals surface area contributed by atoms with Crippen LogP contribution >= 0.6 is 0 Å². The molecule has 0 radical (unpaired) electrons. The average molecular weight is 1300 g/mol. The molecule has 0 atom stereocenters. The fourth-order valence-electron chi connectivity index (χ4n) is 6.43. The largest absolute Gasteiger partial charge is 1.00 e. The third-order valence-corrected chi connectivity index (χ3v) is 8.85. The van der Waals surface area contributed by atoms with Crippen molar-refractivity contribution in [1.29, 1.82) is 5.26 Å². The predicted molar refractivity (Wildman–Crippen MR) is 185 cm³/mol. The fourth-order valence-corrected chi connectivity index (χ4v) is 6.43. The molecule has 0 spiro atoms. The van der Waals surface area contributed by atoms with Crippen molar-refractivity contribution >= 4 is 0 Å². The maximum Gasteiger partial charge on any atom is 1.00 e. The van der Waals surface area contributed by atoms with Gasteiger partial charge in [0.05, 0.1) is 6.07 Å². The van der Waals surface area contributed by atoms with Gasteiger partial charge in [-0.1, -0.05) is 0 Å². The topological polar surface area (TPSA) is 443 Å². The average Bonchev–Trinajstić information content (AvgIpc) is 4.09. The van der Waals surface area contributed by atoms with Crippen molar-refractivity contribution in [3.8, 4) is 52.7 Å². The number of nitrogens with zero attached hydrogens (tertiary/aromatic N) is 17. The Kier molecular flexibility index (Phi) is 24.7. The monoisotopic (exact) mass is 1300 g/mol. The van der Waals surface area contributed by atoms with E-state index in [2.05, 4.69) is 76.4 Å². The Hall–Kier alpha value is -4.22. The first-order chi connectivity index (χ1) is 31.2. The summed E-state index contributed by atoms with van der Waals surface area (Å²) < 4.78 is 119. The zero-order valence-electron chi connectivity index (χ0n) is 34.9. The van der Waals surface area contributed by atoms with Crippen molar-refractivity contribution in [1.82, 2.24) is 76.4 Å². The van der Waals surface area contributed by atoms with Gasteiger partial charge in [0.1, 0.15) is 0 Å². The fraction of sp³-hybridized carbons (Fsp3) is 0.265. The van der Waals surface area contributed by atoms with Crippen molar-refractivity contribution in [2.45, 2.75) is 59.3 Å². The second kappa shape index (κ2) is 28.0. The van der Waals surface area contributed by atoms with E-state index in [0.29, 0.717) is 0 Å². The molecule has 8 aromatic rings. The number of hydrogen-bond donors (Lipinski definition) is 0. The second-order valence-corrected chi connectivity index (χ2v) is 15.2. The van der Waals surface area contributed by atoms with Crippen LogP contribution < -0.4 is 55.9 Å². The van der Waals surface area contributed by atoms with Gasteiger partial charge in [-0.15, -0.1) is 30.7 Å². The first-order valence-electron chi connectivity index (χ1n) is 18.5. The zero-order valence-corrected chi connectivity index (χ0v) is 41.6. The predicted octanol–water partition coefficient (Wildman–Crippen LogP) is -10.7. The Morgan fingerprint density at radius 3 is 0.493 bits per heavy atom. The van der Waals surface area contributed by atoms with E-state index in [1.807, 2.05) is 99.1 Å². The summed E-state index contributed by atoms with van der Waals surface area (Å²) >= 11 is 0. The Labute approximate surface area is 443 Å². The van der Waals surface area contributed by atoms with Gasteiger partial charge in [-0.2, -0.15) is 5.26 Å². The van der Waals surface area contributed by atoms with Crippen molar-refractivity contribution in [3.05, 3.63) is 99.1 Å². The molecule has 69 heavy (non-hydrogen) atoms. The summed E-state index contributed by atoms with van der Waals surface area (Å²) in [5, 5.41) is 7.32. The van der Waals surface area contributed by atoms with Crippen LogP contribution in [0.4, 0.5) is 0 Å². The summed E-state index contributed by atoms with van der Waals surface area (Å²) in [7, 11) is -14.8. The summed E-state index contributed by atoms with van der Waals surface area (Å²) in [6, 6.07) is 1.75. The summed E-state index contributed by atoms with van der Waals surface area (Å²) in [6.07, 6.45) is 30.5. The molecule has 35 heteroatoms. The molecule has 0 amide bonds. The van der Waals surface area contributed by atoms with E-state index in [-0.39, 0.29) is 67.1 Å². The van der Waals surface area contributed by atoms with Crippen LogP contribution in [0.15, 0.2) is 99.1 Å². The number of halogens is 3. The van der Waals surface area contributed by atoms with Crippen LogP contribution in [0, 0.1) is 42.1 Å². The van der Waals surface area contributed by atoms with E-state index in [9.17, 15) is 0 Å². The number of nitriles is 1. The summed E-state index contributed by atoms with van der Waals surface area (Å²) in [6.45, 7) is 9.42. The molecule has 4 aliphatic heterocycles. The summed E-state index contributed by atoms with van der Waals surface area (Å²) in [4.78, 5) is 34.0. The van der Waals surface area contributed by atoms with Gasteiger partial charge >= 0.3 is 67.1 Å². The van der Waals surface area contributed by atoms with Crippen LogP contribution in [0.5, 0.6) is 0 Å². The smallest absolute Gasteiger partial charge is 0.327 e. The SMILES string of the molecule is CC#N.[Ag+].[Ag+].[Ag+].[O-][Cl+3]([O-])([O-])[O-].[O-][Cl+3]([O-])([O-])[O-].[O-][Cl+3]([O-])([O-])[O-].c1cn2c(n1)-c1nccn1CC2.c1cn2c(n1)-c1nccn1CC2.c1cn2c(n1)-c1nccn1CC2.c1cn2c(n1)-c1nccn1CC2. The van der Waals surface area contributed by atoms with Crippen molar-refractivity contribution in [3.63, 3.8) is 0 Å². The Balaban J connectivity index is 0.000000280. The number of hydrogen-bond acceptors (Lipinski definition) is 21. The number of fused-ring (bicyclic) bond motifs is 12. The molecule has 0 saturated heterocycles. The molecular formula is C34H35Ag3Cl3N17O12. The molecule has 29 nitrogen and oxygen atoms in total. The van der Waals surface area contributed by atoms with Crippen LogP contribution in [0.3, 0.4) is 0 Å². The van der Waals surface area contributed by atoms with Gasteiger partial charge in [0, 0.05) is 158 Å². The molecule has 4 aliphatic rings. The molecule has 382 valence electrons. The van der Waals surface area contributed by atoms with Crippen molar-refractivity contribution in [2.75, 3.05) is 0 Å². The molecule has 0 aliphatic carbocycles. The molecule has 0 bridgehead atoms. The maximum atomic E-state index is 8.49. The minimum absolute atomic E-state index is 0. The number of aromatic nitrogens is 16. The quantitative estimate of drug-likeness (QED) is 0.127. The van der Waals surface area contributed by atoms with Gasteiger partial charge in [0.2, 0.25) is 0 Å². The molecule has 8 aromatic heterocycles. The Morgan fingerprint density at radius 2 is 0.406 bits per heavy atom. The zero-order chi connectivity index (χ0) is 48.1. The first-order valence-corrected chi connectivity index (χ1v) is 22.2. The van der Waals surface area contributed by atoms with Gasteiger partial charge in [-0.05, 0) is 0 Å². The third-order valence-electron chi connectivity index (χ3n) is 8.85. The minimum Gasteiger partial charge on any atom is -0.327 e. The van der Waals surface area contributed by atoms with E-state index in [0.717, 1.165) is 99.0 Å². The number of imidazole rings is 8. The van der Waals surface area contributed by atoms with Gasteiger partial charge in [-0.3, -0.25) is 0 Å². The summed E-state index contributed by atoms with van der Waals surface area (Å²) in [5.41, 5.74) is 0. The number of aryl methyl sites for hydroxylation is 8. The first kappa shape index (κ1) is 60.9. The van der Waals surface area contributed by atoms with Crippen LogP contribution in [-0.2, 0) is 119 Å². The molecule has 0 fully saturated rings. The molecule has 0 unspecified atom stereocenters. The van der Waals surface area contributed by atoms with E-state index in [1.54, 1.807) is 6.07 Å². The second-order valence-electron chi connectivity index (χ2n) is 12.9. The van der Waals surface area contributed by atoms with Crippen molar-refractivity contribution in [2.24, 2.45) is 0 Å². The molecule has 0 N–H and O–H groups in total. The van der Waals surface area contributed by atoms with Gasteiger partial charge < -0.3 is 36.5 Å². The minimum atomic E-state index is -4.94.